The van der Waals surface area contributed by atoms with E-state index in [1.54, 1.807) is 38.4 Å². The molecule has 0 unspecified atom stereocenters. The minimum atomic E-state index is -0.123. The number of methoxy groups -OCH3 is 1. The Labute approximate surface area is 259 Å². The predicted molar refractivity (Wildman–Crippen MR) is 179 cm³/mol. The Morgan fingerprint density at radius 3 is 2.36 bits per heavy atom. The van der Waals surface area contributed by atoms with Gasteiger partial charge in [-0.1, -0.05) is 53.9 Å². The van der Waals surface area contributed by atoms with Gasteiger partial charge >= 0.3 is 0 Å². The second-order valence-electron chi connectivity index (χ2n) is 11.2. The summed E-state index contributed by atoms with van der Waals surface area (Å²) in [7, 11) is 1.61. The van der Waals surface area contributed by atoms with Gasteiger partial charge in [0, 0.05) is 47.9 Å². The number of carbonyl (C=O) groups is 1. The number of carbonyl (C=O) groups excluding carboxylic acids is 1. The Bertz CT molecular complexity index is 1760. The van der Waals surface area contributed by atoms with Crippen molar-refractivity contribution in [3.63, 3.8) is 0 Å². The summed E-state index contributed by atoms with van der Waals surface area (Å²) in [6.45, 7) is 12.2. The standard InChI is InChI=1S/C29H26N4O4.C5H12.C2H6/c1-17(34)24-13-19-16-30-29(32-28(19)33(24)21-5-3-4-6-21)31-20-9-12-23-25(35)15-26(37-27(23)14-20)18-7-10-22(36-2)11-8-18;1-4-5(2)3;1-2/h7-16,21H,3-6H2,1-2H3,(H,30,31,32);5H,4H2,1-3H3;1-2H3. The van der Waals surface area contributed by atoms with Gasteiger partial charge < -0.3 is 19.0 Å². The molecule has 0 atom stereocenters. The highest BCUT2D eigenvalue weighted by Gasteiger charge is 2.24. The molecule has 0 spiro atoms. The number of anilines is 2. The minimum absolute atomic E-state index is 0.0247. The van der Waals surface area contributed by atoms with Crippen LogP contribution in [-0.4, -0.2) is 27.4 Å². The van der Waals surface area contributed by atoms with Crippen LogP contribution >= 0.6 is 0 Å². The van der Waals surface area contributed by atoms with Gasteiger partial charge in [-0.2, -0.15) is 4.98 Å². The highest BCUT2D eigenvalue weighted by molar-refractivity contribution is 5.98. The average molecular weight is 597 g/mol. The highest BCUT2D eigenvalue weighted by Crippen LogP contribution is 2.35. The fourth-order valence-electron chi connectivity index (χ4n) is 5.13. The molecule has 6 rings (SSSR count). The number of hydrogen-bond acceptors (Lipinski definition) is 7. The smallest absolute Gasteiger partial charge is 0.229 e. The molecular formula is C36H44N4O4. The fraction of sp³-hybridized carbons (Fsp3) is 0.389. The van der Waals surface area contributed by atoms with Gasteiger partial charge in [0.1, 0.15) is 22.7 Å². The maximum Gasteiger partial charge on any atom is 0.229 e. The molecule has 1 aliphatic carbocycles. The first kappa shape index (κ1) is 32.5. The Hall–Kier alpha value is -4.46. The maximum absolute atomic E-state index is 12.8. The zero-order valence-electron chi connectivity index (χ0n) is 26.9. The lowest BCUT2D eigenvalue weighted by Gasteiger charge is -2.16. The topological polar surface area (TPSA) is 99.2 Å². The summed E-state index contributed by atoms with van der Waals surface area (Å²) in [6, 6.07) is 16.3. The van der Waals surface area contributed by atoms with E-state index in [1.807, 2.05) is 44.2 Å². The number of rotatable bonds is 7. The zero-order chi connectivity index (χ0) is 31.8. The zero-order valence-corrected chi connectivity index (χ0v) is 26.9. The number of aromatic nitrogens is 3. The molecule has 8 nitrogen and oxygen atoms in total. The van der Waals surface area contributed by atoms with Gasteiger partial charge in [-0.25, -0.2) is 4.98 Å². The van der Waals surface area contributed by atoms with Crippen molar-refractivity contribution >= 4 is 39.4 Å². The van der Waals surface area contributed by atoms with Gasteiger partial charge in [-0.15, -0.1) is 0 Å². The molecule has 0 amide bonds. The van der Waals surface area contributed by atoms with Crippen LogP contribution in [0.3, 0.4) is 0 Å². The van der Waals surface area contributed by atoms with E-state index in [9.17, 15) is 9.59 Å². The van der Waals surface area contributed by atoms with Gasteiger partial charge in [0.15, 0.2) is 11.2 Å². The average Bonchev–Trinajstić information content (AvgIpc) is 3.70. The van der Waals surface area contributed by atoms with Crippen molar-refractivity contribution < 1.29 is 13.9 Å². The molecule has 1 saturated carbocycles. The van der Waals surface area contributed by atoms with Gasteiger partial charge in [0.05, 0.1) is 18.2 Å². The number of nitrogens with one attached hydrogen (secondary N) is 1. The van der Waals surface area contributed by atoms with Crippen LogP contribution in [0.2, 0.25) is 0 Å². The quantitative estimate of drug-likeness (QED) is 0.187. The van der Waals surface area contributed by atoms with Crippen molar-refractivity contribution in [1.82, 2.24) is 14.5 Å². The number of fused-ring (bicyclic) bond motifs is 2. The third-order valence-electron chi connectivity index (χ3n) is 7.80. The molecule has 1 fully saturated rings. The molecule has 1 N–H and O–H groups in total. The Kier molecular flexibility index (Phi) is 10.9. The number of benzene rings is 2. The van der Waals surface area contributed by atoms with Crippen LogP contribution < -0.4 is 15.5 Å². The molecule has 0 bridgehead atoms. The van der Waals surface area contributed by atoms with Crippen LogP contribution in [0.4, 0.5) is 11.6 Å². The van der Waals surface area contributed by atoms with Crippen molar-refractivity contribution in [2.24, 2.45) is 5.92 Å². The van der Waals surface area contributed by atoms with E-state index < -0.39 is 0 Å². The summed E-state index contributed by atoms with van der Waals surface area (Å²) in [5.41, 5.74) is 3.23. The number of ether oxygens (including phenoxy) is 1. The maximum atomic E-state index is 12.8. The van der Waals surface area contributed by atoms with Crippen molar-refractivity contribution in [3.05, 3.63) is 76.7 Å². The van der Waals surface area contributed by atoms with E-state index in [-0.39, 0.29) is 17.3 Å². The first-order chi connectivity index (χ1) is 21.3. The normalized spacial score (nSPS) is 12.9. The van der Waals surface area contributed by atoms with Crippen molar-refractivity contribution in [2.75, 3.05) is 12.4 Å². The summed E-state index contributed by atoms with van der Waals surface area (Å²) in [4.78, 5) is 34.4. The molecular weight excluding hydrogens is 552 g/mol. The van der Waals surface area contributed by atoms with E-state index in [4.69, 9.17) is 14.1 Å². The predicted octanol–water partition coefficient (Wildman–Crippen LogP) is 9.35. The van der Waals surface area contributed by atoms with Crippen LogP contribution in [-0.2, 0) is 0 Å². The summed E-state index contributed by atoms with van der Waals surface area (Å²) in [5, 5.41) is 4.57. The number of ketones is 1. The van der Waals surface area contributed by atoms with E-state index in [1.165, 1.54) is 12.5 Å². The van der Waals surface area contributed by atoms with E-state index >= 15 is 0 Å². The van der Waals surface area contributed by atoms with E-state index in [2.05, 4.69) is 35.6 Å². The van der Waals surface area contributed by atoms with Crippen LogP contribution in [0.1, 0.15) is 90.2 Å². The SMILES string of the molecule is CC.CCC(C)C.COc1ccc(-c2cc(=O)c3ccc(Nc4ncc5cc(C(C)=O)n(C6CCCC6)c5n4)cc3o2)cc1. The number of nitrogens with zero attached hydrogens (tertiary/aromatic N) is 3. The van der Waals surface area contributed by atoms with E-state index in [0.29, 0.717) is 34.1 Å². The second-order valence-corrected chi connectivity index (χ2v) is 11.2. The molecule has 232 valence electrons. The molecule has 3 heterocycles. The van der Waals surface area contributed by atoms with Crippen LogP contribution in [0.5, 0.6) is 5.75 Å². The van der Waals surface area contributed by atoms with Crippen molar-refractivity contribution in [1.29, 1.82) is 0 Å². The second kappa shape index (κ2) is 14.8. The summed E-state index contributed by atoms with van der Waals surface area (Å²) in [6.07, 6.45) is 7.43. The summed E-state index contributed by atoms with van der Waals surface area (Å²) < 4.78 is 13.4. The van der Waals surface area contributed by atoms with Crippen molar-refractivity contribution in [2.45, 2.75) is 79.7 Å². The Morgan fingerprint density at radius 1 is 1.07 bits per heavy atom. The van der Waals surface area contributed by atoms with E-state index in [0.717, 1.165) is 53.9 Å². The first-order valence-corrected chi connectivity index (χ1v) is 15.7. The van der Waals surface area contributed by atoms with Crippen molar-refractivity contribution in [3.8, 4) is 17.1 Å². The molecule has 8 heteroatoms. The largest absolute Gasteiger partial charge is 0.497 e. The molecule has 0 radical (unpaired) electrons. The van der Waals surface area contributed by atoms with Crippen LogP contribution in [0.15, 0.2) is 70.0 Å². The highest BCUT2D eigenvalue weighted by atomic mass is 16.5. The number of hydrogen-bond donors (Lipinski definition) is 1. The third-order valence-corrected chi connectivity index (χ3v) is 7.80. The molecule has 3 aromatic heterocycles. The molecule has 0 aliphatic heterocycles. The number of Topliss-reactive ketones (excluding diaryl/α,β-unsaturated/α-hetero) is 1. The fourth-order valence-corrected chi connectivity index (χ4v) is 5.13. The lowest BCUT2D eigenvalue weighted by molar-refractivity contribution is 0.100. The molecule has 44 heavy (non-hydrogen) atoms. The molecule has 0 saturated heterocycles. The van der Waals surface area contributed by atoms with Crippen LogP contribution in [0.25, 0.3) is 33.3 Å². The Morgan fingerprint density at radius 2 is 1.75 bits per heavy atom. The van der Waals surface area contributed by atoms with Gasteiger partial charge in [0.25, 0.3) is 0 Å². The first-order valence-electron chi connectivity index (χ1n) is 15.7. The molecule has 1 aliphatic rings. The lowest BCUT2D eigenvalue weighted by atomic mass is 10.1. The van der Waals surface area contributed by atoms with Gasteiger partial charge in [-0.3, -0.25) is 9.59 Å². The summed E-state index contributed by atoms with van der Waals surface area (Å²) in [5.74, 6) is 2.52. The minimum Gasteiger partial charge on any atom is -0.497 e. The third kappa shape index (κ3) is 7.36. The molecule has 5 aromatic rings. The molecule has 2 aromatic carbocycles. The van der Waals surface area contributed by atoms with Gasteiger partial charge in [-0.05, 0) is 61.2 Å². The summed E-state index contributed by atoms with van der Waals surface area (Å²) >= 11 is 0. The van der Waals surface area contributed by atoms with Crippen LogP contribution in [0, 0.1) is 5.92 Å². The monoisotopic (exact) mass is 596 g/mol. The lowest BCUT2D eigenvalue weighted by Crippen LogP contribution is -2.12. The Balaban J connectivity index is 0.000000576. The van der Waals surface area contributed by atoms with Gasteiger partial charge in [0.2, 0.25) is 5.95 Å².